The number of thiol groups is 1. The number of hydrogen-bond donors (Lipinski definition) is 2. The molecule has 1 aliphatic heterocycles. The van der Waals surface area contributed by atoms with Crippen LogP contribution in [0.4, 0.5) is 4.39 Å². The fraction of sp³-hybridized carbons (Fsp3) is 0.385. The minimum Gasteiger partial charge on any atom is -0.369 e. The van der Waals surface area contributed by atoms with E-state index in [1.54, 1.807) is 4.90 Å². The molecule has 102 valence electrons. The molecular formula is C13H15FN2O2S. The number of rotatable bonds is 2. The largest absolute Gasteiger partial charge is 0.369 e. The van der Waals surface area contributed by atoms with E-state index in [2.05, 4.69) is 12.6 Å². The van der Waals surface area contributed by atoms with Gasteiger partial charge in [0.25, 0.3) is 5.91 Å². The second kappa shape index (κ2) is 5.61. The molecule has 1 aromatic carbocycles. The number of carbonyl (C=O) groups excluding carboxylic acids is 2. The molecule has 0 unspecified atom stereocenters. The van der Waals surface area contributed by atoms with Crippen molar-refractivity contribution in [3.05, 3.63) is 29.6 Å². The first-order chi connectivity index (χ1) is 8.99. The van der Waals surface area contributed by atoms with E-state index in [0.717, 1.165) is 0 Å². The summed E-state index contributed by atoms with van der Waals surface area (Å²) in [4.78, 5) is 25.0. The first kappa shape index (κ1) is 13.9. The molecule has 0 bridgehead atoms. The normalized spacial score (nSPS) is 16.4. The number of likely N-dealkylation sites (tertiary alicyclic amines) is 1. The Kier molecular flexibility index (Phi) is 4.09. The summed E-state index contributed by atoms with van der Waals surface area (Å²) >= 11 is 3.96. The Hall–Kier alpha value is -1.56. The van der Waals surface area contributed by atoms with Crippen LogP contribution in [0.3, 0.4) is 0 Å². The van der Waals surface area contributed by atoms with E-state index in [1.807, 2.05) is 0 Å². The quantitative estimate of drug-likeness (QED) is 0.806. The van der Waals surface area contributed by atoms with Gasteiger partial charge in [-0.2, -0.15) is 0 Å². The van der Waals surface area contributed by atoms with Crippen molar-refractivity contribution in [2.45, 2.75) is 17.7 Å². The van der Waals surface area contributed by atoms with E-state index in [1.165, 1.54) is 18.2 Å². The van der Waals surface area contributed by atoms with E-state index >= 15 is 0 Å². The molecule has 0 saturated carbocycles. The summed E-state index contributed by atoms with van der Waals surface area (Å²) in [5.74, 6) is -1.09. The summed E-state index contributed by atoms with van der Waals surface area (Å²) in [6.07, 6.45) is 1.16. The first-order valence-electron chi connectivity index (χ1n) is 6.06. The Balaban J connectivity index is 2.05. The summed E-state index contributed by atoms with van der Waals surface area (Å²) in [7, 11) is 0. The third-order valence-electron chi connectivity index (χ3n) is 3.38. The summed E-state index contributed by atoms with van der Waals surface area (Å²) in [5, 5.41) is 0. The predicted octanol–water partition coefficient (Wildman–Crippen LogP) is 1.45. The summed E-state index contributed by atoms with van der Waals surface area (Å²) in [6, 6.07) is 4.09. The number of carbonyl (C=O) groups is 2. The van der Waals surface area contributed by atoms with Crippen LogP contribution in [0.5, 0.6) is 0 Å². The lowest BCUT2D eigenvalue weighted by atomic mass is 9.96. The lowest BCUT2D eigenvalue weighted by Gasteiger charge is -2.30. The molecule has 0 spiro atoms. The number of halogens is 1. The van der Waals surface area contributed by atoms with Crippen molar-refractivity contribution in [2.75, 3.05) is 13.1 Å². The van der Waals surface area contributed by atoms with E-state index in [0.29, 0.717) is 31.5 Å². The van der Waals surface area contributed by atoms with Crippen molar-refractivity contribution in [3.8, 4) is 0 Å². The maximum absolute atomic E-state index is 13.1. The molecule has 2 amide bonds. The average Bonchev–Trinajstić information content (AvgIpc) is 2.41. The highest BCUT2D eigenvalue weighted by molar-refractivity contribution is 7.80. The van der Waals surface area contributed by atoms with Gasteiger partial charge in [0, 0.05) is 29.5 Å². The van der Waals surface area contributed by atoms with Gasteiger partial charge in [-0.1, -0.05) is 0 Å². The molecule has 2 rings (SSSR count). The van der Waals surface area contributed by atoms with Gasteiger partial charge in [-0.15, -0.1) is 12.6 Å². The molecule has 0 atom stereocenters. The lowest BCUT2D eigenvalue weighted by molar-refractivity contribution is -0.123. The molecule has 1 saturated heterocycles. The summed E-state index contributed by atoms with van der Waals surface area (Å²) < 4.78 is 13.1. The van der Waals surface area contributed by atoms with Crippen molar-refractivity contribution in [2.24, 2.45) is 11.7 Å². The fourth-order valence-corrected chi connectivity index (χ4v) is 2.41. The molecule has 1 heterocycles. The monoisotopic (exact) mass is 282 g/mol. The third-order valence-corrected chi connectivity index (χ3v) is 3.72. The molecule has 1 fully saturated rings. The zero-order chi connectivity index (χ0) is 14.0. The Morgan fingerprint density at radius 3 is 2.47 bits per heavy atom. The Morgan fingerprint density at radius 2 is 1.95 bits per heavy atom. The van der Waals surface area contributed by atoms with Crippen LogP contribution in [0.25, 0.3) is 0 Å². The van der Waals surface area contributed by atoms with Gasteiger partial charge < -0.3 is 10.6 Å². The smallest absolute Gasteiger partial charge is 0.253 e. The van der Waals surface area contributed by atoms with Crippen LogP contribution in [0.1, 0.15) is 23.2 Å². The Morgan fingerprint density at radius 1 is 1.32 bits per heavy atom. The van der Waals surface area contributed by atoms with Gasteiger partial charge in [-0.25, -0.2) is 4.39 Å². The molecule has 0 aliphatic carbocycles. The average molecular weight is 282 g/mol. The molecule has 4 nitrogen and oxygen atoms in total. The van der Waals surface area contributed by atoms with Gasteiger partial charge >= 0.3 is 0 Å². The number of benzene rings is 1. The van der Waals surface area contributed by atoms with Crippen LogP contribution in [-0.2, 0) is 4.79 Å². The highest BCUT2D eigenvalue weighted by Gasteiger charge is 2.26. The molecular weight excluding hydrogens is 267 g/mol. The Bertz CT molecular complexity index is 513. The standard InChI is InChI=1S/C13H15FN2O2S/c14-10-2-1-9(7-11(10)19)13(18)16-5-3-8(4-6-16)12(15)17/h1-2,7-8,19H,3-6H2,(H2,15,17). The van der Waals surface area contributed by atoms with Crippen molar-refractivity contribution in [1.29, 1.82) is 0 Å². The minimum absolute atomic E-state index is 0.151. The minimum atomic E-state index is -0.452. The van der Waals surface area contributed by atoms with Gasteiger partial charge in [-0.3, -0.25) is 9.59 Å². The van der Waals surface area contributed by atoms with E-state index in [4.69, 9.17) is 5.73 Å². The molecule has 1 aromatic rings. The highest BCUT2D eigenvalue weighted by Crippen LogP contribution is 2.20. The van der Waals surface area contributed by atoms with Gasteiger partial charge in [0.05, 0.1) is 0 Å². The van der Waals surface area contributed by atoms with Crippen molar-refractivity contribution in [1.82, 2.24) is 4.90 Å². The number of piperidine rings is 1. The van der Waals surface area contributed by atoms with Crippen LogP contribution >= 0.6 is 12.6 Å². The molecule has 19 heavy (non-hydrogen) atoms. The second-order valence-corrected chi connectivity index (χ2v) is 5.12. The number of hydrogen-bond acceptors (Lipinski definition) is 3. The molecule has 0 aromatic heterocycles. The lowest BCUT2D eigenvalue weighted by Crippen LogP contribution is -2.41. The Labute approximate surface area is 116 Å². The van der Waals surface area contributed by atoms with Crippen molar-refractivity contribution >= 4 is 24.4 Å². The van der Waals surface area contributed by atoms with E-state index in [9.17, 15) is 14.0 Å². The number of primary amides is 1. The predicted molar refractivity (Wildman–Crippen MR) is 71.5 cm³/mol. The number of nitrogens with two attached hydrogens (primary N) is 1. The van der Waals surface area contributed by atoms with Crippen LogP contribution in [0.15, 0.2) is 23.1 Å². The molecule has 1 aliphatic rings. The number of nitrogens with zero attached hydrogens (tertiary/aromatic N) is 1. The zero-order valence-electron chi connectivity index (χ0n) is 10.3. The maximum atomic E-state index is 13.1. The fourth-order valence-electron chi connectivity index (χ4n) is 2.20. The van der Waals surface area contributed by atoms with Crippen LogP contribution in [0.2, 0.25) is 0 Å². The molecule has 2 N–H and O–H groups in total. The summed E-state index contributed by atoms with van der Waals surface area (Å²) in [6.45, 7) is 0.984. The van der Waals surface area contributed by atoms with Crippen LogP contribution < -0.4 is 5.73 Å². The van der Waals surface area contributed by atoms with Gasteiger partial charge in [0.15, 0.2) is 0 Å². The first-order valence-corrected chi connectivity index (χ1v) is 6.51. The zero-order valence-corrected chi connectivity index (χ0v) is 11.2. The van der Waals surface area contributed by atoms with Crippen LogP contribution in [-0.4, -0.2) is 29.8 Å². The number of amides is 2. The van der Waals surface area contributed by atoms with Crippen LogP contribution in [0, 0.1) is 11.7 Å². The topological polar surface area (TPSA) is 63.4 Å². The van der Waals surface area contributed by atoms with Gasteiger partial charge in [0.2, 0.25) is 5.91 Å². The highest BCUT2D eigenvalue weighted by atomic mass is 32.1. The SMILES string of the molecule is NC(=O)C1CCN(C(=O)c2ccc(F)c(S)c2)CC1. The summed E-state index contributed by atoms with van der Waals surface area (Å²) in [5.41, 5.74) is 5.65. The third kappa shape index (κ3) is 3.07. The van der Waals surface area contributed by atoms with Crippen molar-refractivity contribution < 1.29 is 14.0 Å². The van der Waals surface area contributed by atoms with Crippen molar-refractivity contribution in [3.63, 3.8) is 0 Å². The second-order valence-electron chi connectivity index (χ2n) is 4.64. The maximum Gasteiger partial charge on any atom is 0.253 e. The van der Waals surface area contributed by atoms with Gasteiger partial charge in [0.1, 0.15) is 5.82 Å². The van der Waals surface area contributed by atoms with E-state index < -0.39 is 5.82 Å². The van der Waals surface area contributed by atoms with E-state index in [-0.39, 0.29) is 22.6 Å². The molecule has 6 heteroatoms. The molecule has 0 radical (unpaired) electrons. The van der Waals surface area contributed by atoms with Gasteiger partial charge in [-0.05, 0) is 31.0 Å².